The van der Waals surface area contributed by atoms with E-state index in [9.17, 15) is 4.79 Å². The van der Waals surface area contributed by atoms with Gasteiger partial charge in [0, 0.05) is 6.42 Å². The number of carbonyl (C=O) groups excluding carboxylic acids is 1. The highest BCUT2D eigenvalue weighted by Crippen LogP contribution is 2.08. The fourth-order valence-electron chi connectivity index (χ4n) is 1.19. The second-order valence-corrected chi connectivity index (χ2v) is 4.90. The molecule has 0 aromatic rings. The maximum Gasteiger partial charge on any atom is 0.306 e. The predicted molar refractivity (Wildman–Crippen MR) is 64.1 cm³/mol. The number of hydrogen-bond donors (Lipinski definition) is 1. The van der Waals surface area contributed by atoms with Crippen molar-refractivity contribution in [3.8, 4) is 0 Å². The van der Waals surface area contributed by atoms with Crippen LogP contribution in [0.5, 0.6) is 0 Å². The van der Waals surface area contributed by atoms with Gasteiger partial charge in [-0.05, 0) is 33.2 Å². The van der Waals surface area contributed by atoms with Crippen LogP contribution in [-0.2, 0) is 14.3 Å². The van der Waals surface area contributed by atoms with E-state index in [1.807, 2.05) is 27.7 Å². The van der Waals surface area contributed by atoms with Crippen LogP contribution >= 0.6 is 0 Å². The van der Waals surface area contributed by atoms with Crippen LogP contribution in [0, 0.1) is 5.92 Å². The lowest BCUT2D eigenvalue weighted by Gasteiger charge is -2.19. The molecule has 96 valence electrons. The minimum Gasteiger partial charge on any atom is -0.463 e. The lowest BCUT2D eigenvalue weighted by atomic mass is 10.0. The van der Waals surface area contributed by atoms with E-state index in [0.717, 1.165) is 6.42 Å². The Morgan fingerprint density at radius 2 is 1.94 bits per heavy atom. The van der Waals surface area contributed by atoms with E-state index >= 15 is 0 Å². The molecule has 0 aromatic carbocycles. The number of esters is 1. The van der Waals surface area contributed by atoms with Crippen LogP contribution in [0.25, 0.3) is 0 Å². The molecule has 0 rings (SSSR count). The lowest BCUT2D eigenvalue weighted by molar-refractivity contribution is -0.147. The zero-order chi connectivity index (χ0) is 12.6. The van der Waals surface area contributed by atoms with Gasteiger partial charge in [0.05, 0.1) is 12.2 Å². The largest absolute Gasteiger partial charge is 0.463 e. The molecular formula is C12H25NO3. The van der Waals surface area contributed by atoms with E-state index in [2.05, 4.69) is 0 Å². The second kappa shape index (κ2) is 7.63. The molecule has 0 heterocycles. The van der Waals surface area contributed by atoms with Crippen LogP contribution in [-0.4, -0.2) is 31.3 Å². The fraction of sp³-hybridized carbons (Fsp3) is 0.917. The van der Waals surface area contributed by atoms with E-state index in [-0.39, 0.29) is 17.5 Å². The third-order valence-electron chi connectivity index (χ3n) is 2.25. The quantitative estimate of drug-likeness (QED) is 0.535. The molecule has 0 radical (unpaired) electrons. The number of ether oxygens (including phenoxy) is 2. The van der Waals surface area contributed by atoms with Crippen molar-refractivity contribution in [3.63, 3.8) is 0 Å². The molecule has 0 saturated carbocycles. The molecule has 0 aromatic heterocycles. The Morgan fingerprint density at radius 1 is 1.31 bits per heavy atom. The topological polar surface area (TPSA) is 61.6 Å². The van der Waals surface area contributed by atoms with Gasteiger partial charge in [-0.3, -0.25) is 4.79 Å². The molecule has 0 spiro atoms. The third-order valence-corrected chi connectivity index (χ3v) is 2.25. The normalized spacial score (nSPS) is 13.6. The van der Waals surface area contributed by atoms with E-state index in [0.29, 0.717) is 26.2 Å². The van der Waals surface area contributed by atoms with Crippen molar-refractivity contribution in [3.05, 3.63) is 0 Å². The van der Waals surface area contributed by atoms with Crippen LogP contribution in [0.4, 0.5) is 0 Å². The van der Waals surface area contributed by atoms with Gasteiger partial charge in [-0.1, -0.05) is 13.3 Å². The average molecular weight is 231 g/mol. The first-order valence-electron chi connectivity index (χ1n) is 5.88. The van der Waals surface area contributed by atoms with Gasteiger partial charge in [0.15, 0.2) is 0 Å². The first-order valence-corrected chi connectivity index (χ1v) is 5.88. The summed E-state index contributed by atoms with van der Waals surface area (Å²) in [6.07, 6.45) is 1.31. The first kappa shape index (κ1) is 15.4. The van der Waals surface area contributed by atoms with E-state index in [1.54, 1.807) is 0 Å². The summed E-state index contributed by atoms with van der Waals surface area (Å²) >= 11 is 0. The van der Waals surface area contributed by atoms with Gasteiger partial charge in [0.1, 0.15) is 6.61 Å². The van der Waals surface area contributed by atoms with Crippen LogP contribution in [0.15, 0.2) is 0 Å². The monoisotopic (exact) mass is 231 g/mol. The highest BCUT2D eigenvalue weighted by atomic mass is 16.6. The minimum atomic E-state index is -0.185. The Balaban J connectivity index is 3.58. The van der Waals surface area contributed by atoms with Crippen LogP contribution < -0.4 is 5.73 Å². The zero-order valence-electron chi connectivity index (χ0n) is 10.9. The van der Waals surface area contributed by atoms with Crippen molar-refractivity contribution in [1.29, 1.82) is 0 Å². The molecule has 2 N–H and O–H groups in total. The smallest absolute Gasteiger partial charge is 0.306 e. The summed E-state index contributed by atoms with van der Waals surface area (Å²) in [5, 5.41) is 0. The molecule has 0 saturated heterocycles. The maximum atomic E-state index is 11.4. The van der Waals surface area contributed by atoms with Gasteiger partial charge < -0.3 is 15.2 Å². The van der Waals surface area contributed by atoms with Crippen molar-refractivity contribution in [2.24, 2.45) is 11.7 Å². The standard InChI is InChI=1S/C12H25NO3/c1-5-10(9-13)8-11(14)15-6-7-16-12(2,3)4/h10H,5-9,13H2,1-4H3. The molecule has 1 unspecified atom stereocenters. The highest BCUT2D eigenvalue weighted by Gasteiger charge is 2.13. The Morgan fingerprint density at radius 3 is 2.38 bits per heavy atom. The van der Waals surface area contributed by atoms with Gasteiger partial charge in [0.2, 0.25) is 0 Å². The van der Waals surface area contributed by atoms with Crippen LogP contribution in [0.3, 0.4) is 0 Å². The third kappa shape index (κ3) is 8.68. The summed E-state index contributed by atoms with van der Waals surface area (Å²) in [7, 11) is 0. The van der Waals surface area contributed by atoms with Crippen molar-refractivity contribution in [2.75, 3.05) is 19.8 Å². The molecule has 4 nitrogen and oxygen atoms in total. The Bertz CT molecular complexity index is 195. The molecular weight excluding hydrogens is 206 g/mol. The summed E-state index contributed by atoms with van der Waals surface area (Å²) < 4.78 is 10.5. The molecule has 1 atom stereocenters. The predicted octanol–water partition coefficient (Wildman–Crippen LogP) is 1.72. The first-order chi connectivity index (χ1) is 7.39. The molecule has 0 fully saturated rings. The fourth-order valence-corrected chi connectivity index (χ4v) is 1.19. The second-order valence-electron chi connectivity index (χ2n) is 4.90. The van der Waals surface area contributed by atoms with Gasteiger partial charge in [0.25, 0.3) is 0 Å². The molecule has 0 aliphatic rings. The lowest BCUT2D eigenvalue weighted by Crippen LogP contribution is -2.24. The van der Waals surface area contributed by atoms with E-state index in [4.69, 9.17) is 15.2 Å². The summed E-state index contributed by atoms with van der Waals surface area (Å²) in [6.45, 7) is 9.21. The minimum absolute atomic E-state index is 0.185. The van der Waals surface area contributed by atoms with E-state index < -0.39 is 0 Å². The number of nitrogens with two attached hydrogens (primary N) is 1. The average Bonchev–Trinajstić information content (AvgIpc) is 2.19. The van der Waals surface area contributed by atoms with E-state index in [1.165, 1.54) is 0 Å². The van der Waals surface area contributed by atoms with Crippen molar-refractivity contribution < 1.29 is 14.3 Å². The molecule has 0 bridgehead atoms. The van der Waals surface area contributed by atoms with Crippen molar-refractivity contribution >= 4 is 5.97 Å². The van der Waals surface area contributed by atoms with Gasteiger partial charge in [-0.2, -0.15) is 0 Å². The van der Waals surface area contributed by atoms with Crippen LogP contribution in [0.2, 0.25) is 0 Å². The SMILES string of the molecule is CCC(CN)CC(=O)OCCOC(C)(C)C. The summed E-state index contributed by atoms with van der Waals surface area (Å²) in [5.41, 5.74) is 5.33. The summed E-state index contributed by atoms with van der Waals surface area (Å²) in [4.78, 5) is 11.4. The van der Waals surface area contributed by atoms with Crippen molar-refractivity contribution in [1.82, 2.24) is 0 Å². The number of carbonyl (C=O) groups is 1. The molecule has 0 aliphatic heterocycles. The summed E-state index contributed by atoms with van der Waals surface area (Å²) in [5.74, 6) is 0.0471. The van der Waals surface area contributed by atoms with Gasteiger partial charge in [-0.25, -0.2) is 0 Å². The maximum absolute atomic E-state index is 11.4. The van der Waals surface area contributed by atoms with Crippen molar-refractivity contribution in [2.45, 2.75) is 46.1 Å². The highest BCUT2D eigenvalue weighted by molar-refractivity contribution is 5.69. The molecule has 0 amide bonds. The number of hydrogen-bond acceptors (Lipinski definition) is 4. The van der Waals surface area contributed by atoms with Gasteiger partial charge >= 0.3 is 5.97 Å². The Labute approximate surface area is 98.5 Å². The molecule has 4 heteroatoms. The van der Waals surface area contributed by atoms with Gasteiger partial charge in [-0.15, -0.1) is 0 Å². The molecule has 0 aliphatic carbocycles. The summed E-state index contributed by atoms with van der Waals surface area (Å²) in [6, 6.07) is 0. The Hall–Kier alpha value is -0.610. The zero-order valence-corrected chi connectivity index (χ0v) is 10.9. The Kier molecular flexibility index (Phi) is 7.34. The van der Waals surface area contributed by atoms with Crippen LogP contribution in [0.1, 0.15) is 40.5 Å². The molecule has 16 heavy (non-hydrogen) atoms. The number of rotatable bonds is 7.